The summed E-state index contributed by atoms with van der Waals surface area (Å²) in [4.78, 5) is 37.7. The van der Waals surface area contributed by atoms with Crippen molar-refractivity contribution in [3.8, 4) is 0 Å². The maximum atomic E-state index is 12.5. The zero-order chi connectivity index (χ0) is 20.4. The number of guanidine groups is 1. The summed E-state index contributed by atoms with van der Waals surface area (Å²) in [5.74, 6) is 0.619. The highest BCUT2D eigenvalue weighted by atomic mass is 16.2. The van der Waals surface area contributed by atoms with E-state index < -0.39 is 12.2 Å². The van der Waals surface area contributed by atoms with E-state index in [2.05, 4.69) is 57.3 Å². The number of amides is 3. The standard InChI is InChI=1S/C21H30N6O2/c1-3-10-27-17-18(24(2)21(29)23-19(17)28)22-20(27)26-14-12-25(13-15-26)11-9-16-7-5-4-6-8-16/h4-8,17-18H,3,9-15H2,1-2H3,(H,23,28,29). The number of imide groups is 1. The van der Waals surface area contributed by atoms with Gasteiger partial charge in [0.25, 0.3) is 5.91 Å². The highest BCUT2D eigenvalue weighted by Gasteiger charge is 2.49. The van der Waals surface area contributed by atoms with Gasteiger partial charge in [0.1, 0.15) is 0 Å². The molecule has 2 saturated heterocycles. The fourth-order valence-electron chi connectivity index (χ4n) is 4.36. The lowest BCUT2D eigenvalue weighted by Crippen LogP contribution is -2.64. The van der Waals surface area contributed by atoms with Gasteiger partial charge in [-0.15, -0.1) is 0 Å². The van der Waals surface area contributed by atoms with Crippen molar-refractivity contribution in [3.63, 3.8) is 0 Å². The number of likely N-dealkylation sites (N-methyl/N-ethyl adjacent to an activating group) is 1. The molecule has 0 bridgehead atoms. The van der Waals surface area contributed by atoms with Crippen LogP contribution in [0.5, 0.6) is 0 Å². The lowest BCUT2D eigenvalue weighted by atomic mass is 10.1. The largest absolute Gasteiger partial charge is 0.340 e. The Morgan fingerprint density at radius 3 is 2.48 bits per heavy atom. The molecule has 2 unspecified atom stereocenters. The molecule has 1 N–H and O–H groups in total. The number of hydrogen-bond donors (Lipinski definition) is 1. The average molecular weight is 399 g/mol. The number of rotatable bonds is 5. The van der Waals surface area contributed by atoms with Crippen LogP contribution in [0.1, 0.15) is 18.9 Å². The first-order valence-electron chi connectivity index (χ1n) is 10.5. The summed E-state index contributed by atoms with van der Waals surface area (Å²) in [6.45, 7) is 7.61. The van der Waals surface area contributed by atoms with Gasteiger partial charge in [-0.1, -0.05) is 37.3 Å². The van der Waals surface area contributed by atoms with E-state index in [4.69, 9.17) is 4.99 Å². The van der Waals surface area contributed by atoms with Gasteiger partial charge in [0.2, 0.25) is 0 Å². The Morgan fingerprint density at radius 2 is 1.79 bits per heavy atom. The Morgan fingerprint density at radius 1 is 1.07 bits per heavy atom. The van der Waals surface area contributed by atoms with Crippen molar-refractivity contribution in [2.45, 2.75) is 32.0 Å². The van der Waals surface area contributed by atoms with Crippen LogP contribution in [0.25, 0.3) is 0 Å². The number of carbonyl (C=O) groups is 2. The van der Waals surface area contributed by atoms with E-state index in [1.807, 2.05) is 0 Å². The highest BCUT2D eigenvalue weighted by Crippen LogP contribution is 2.26. The smallest absolute Gasteiger partial charge is 0.325 e. The van der Waals surface area contributed by atoms with E-state index in [-0.39, 0.29) is 11.9 Å². The third kappa shape index (κ3) is 3.94. The van der Waals surface area contributed by atoms with Gasteiger partial charge in [-0.05, 0) is 18.4 Å². The number of piperazine rings is 1. The summed E-state index contributed by atoms with van der Waals surface area (Å²) < 4.78 is 0. The van der Waals surface area contributed by atoms with Crippen LogP contribution in [0.15, 0.2) is 35.3 Å². The highest BCUT2D eigenvalue weighted by molar-refractivity contribution is 6.03. The average Bonchev–Trinajstić information content (AvgIpc) is 3.12. The zero-order valence-corrected chi connectivity index (χ0v) is 17.3. The van der Waals surface area contributed by atoms with Crippen molar-refractivity contribution < 1.29 is 9.59 Å². The Balaban J connectivity index is 1.40. The predicted molar refractivity (Wildman–Crippen MR) is 111 cm³/mol. The molecule has 2 fully saturated rings. The molecule has 0 aliphatic carbocycles. The molecule has 3 aliphatic heterocycles. The van der Waals surface area contributed by atoms with Gasteiger partial charge in [-0.25, -0.2) is 9.79 Å². The monoisotopic (exact) mass is 398 g/mol. The van der Waals surface area contributed by atoms with Crippen LogP contribution in [0.4, 0.5) is 4.79 Å². The summed E-state index contributed by atoms with van der Waals surface area (Å²) in [5, 5.41) is 2.46. The lowest BCUT2D eigenvalue weighted by Gasteiger charge is -2.40. The van der Waals surface area contributed by atoms with E-state index in [9.17, 15) is 9.59 Å². The number of nitrogens with zero attached hydrogens (tertiary/aromatic N) is 5. The molecule has 1 aromatic rings. The zero-order valence-electron chi connectivity index (χ0n) is 17.3. The van der Waals surface area contributed by atoms with Crippen molar-refractivity contribution in [1.29, 1.82) is 0 Å². The van der Waals surface area contributed by atoms with Crippen LogP contribution in [-0.4, -0.2) is 96.0 Å². The molecule has 8 nitrogen and oxygen atoms in total. The third-order valence-electron chi connectivity index (χ3n) is 6.02. The third-order valence-corrected chi connectivity index (χ3v) is 6.02. The van der Waals surface area contributed by atoms with Crippen LogP contribution in [-0.2, 0) is 11.2 Å². The molecule has 0 spiro atoms. The van der Waals surface area contributed by atoms with E-state index >= 15 is 0 Å². The summed E-state index contributed by atoms with van der Waals surface area (Å²) in [7, 11) is 1.71. The summed E-state index contributed by atoms with van der Waals surface area (Å²) >= 11 is 0. The van der Waals surface area contributed by atoms with Crippen LogP contribution in [0.3, 0.4) is 0 Å². The van der Waals surface area contributed by atoms with E-state index in [0.29, 0.717) is 0 Å². The Hall–Kier alpha value is -2.61. The van der Waals surface area contributed by atoms with Crippen molar-refractivity contribution in [2.24, 2.45) is 4.99 Å². The first-order valence-corrected chi connectivity index (χ1v) is 10.5. The molecule has 29 heavy (non-hydrogen) atoms. The normalized spacial score (nSPS) is 25.2. The number of urea groups is 1. The minimum absolute atomic E-state index is 0.244. The van der Waals surface area contributed by atoms with Crippen LogP contribution >= 0.6 is 0 Å². The quantitative estimate of drug-likeness (QED) is 0.795. The summed E-state index contributed by atoms with van der Waals surface area (Å²) in [5.41, 5.74) is 1.37. The minimum atomic E-state index is -0.436. The molecule has 3 aliphatic rings. The van der Waals surface area contributed by atoms with Gasteiger partial charge >= 0.3 is 6.03 Å². The van der Waals surface area contributed by atoms with Gasteiger partial charge in [0.05, 0.1) is 0 Å². The van der Waals surface area contributed by atoms with Crippen molar-refractivity contribution in [2.75, 3.05) is 46.3 Å². The van der Waals surface area contributed by atoms with Crippen molar-refractivity contribution in [3.05, 3.63) is 35.9 Å². The minimum Gasteiger partial charge on any atom is -0.340 e. The van der Waals surface area contributed by atoms with Gasteiger partial charge in [0.15, 0.2) is 18.2 Å². The SMILES string of the molecule is CCCN1C(N2CCN(CCc3ccccc3)CC2)=NC2C1C(=O)NC(=O)N2C. The fourth-order valence-corrected chi connectivity index (χ4v) is 4.36. The number of fused-ring (bicyclic) bond motifs is 1. The predicted octanol–water partition coefficient (Wildman–Crippen LogP) is 0.805. The number of nitrogens with one attached hydrogen (secondary N) is 1. The molecule has 3 amide bonds. The number of benzene rings is 1. The topological polar surface area (TPSA) is 71.5 Å². The second kappa shape index (κ2) is 8.41. The Labute approximate surface area is 172 Å². The first-order chi connectivity index (χ1) is 14.1. The molecule has 1 aromatic carbocycles. The second-order valence-corrected chi connectivity index (χ2v) is 7.95. The molecule has 3 heterocycles. The molecule has 0 aromatic heterocycles. The summed E-state index contributed by atoms with van der Waals surface area (Å²) in [6, 6.07) is 9.78. The first kappa shape index (κ1) is 19.7. The molecular weight excluding hydrogens is 368 g/mol. The Bertz CT molecular complexity index is 775. The molecular formula is C21H30N6O2. The number of carbonyl (C=O) groups excluding carboxylic acids is 2. The van der Waals surface area contributed by atoms with Crippen molar-refractivity contribution in [1.82, 2.24) is 24.9 Å². The maximum absolute atomic E-state index is 12.5. The fraction of sp³-hybridized carbons (Fsp3) is 0.571. The van der Waals surface area contributed by atoms with E-state index in [1.54, 1.807) is 7.05 Å². The molecule has 2 atom stereocenters. The number of hydrogen-bond acceptors (Lipinski definition) is 6. The molecule has 156 valence electrons. The second-order valence-electron chi connectivity index (χ2n) is 7.95. The van der Waals surface area contributed by atoms with Gasteiger partial charge in [-0.3, -0.25) is 15.0 Å². The van der Waals surface area contributed by atoms with E-state index in [1.165, 1.54) is 10.5 Å². The maximum Gasteiger partial charge on any atom is 0.325 e. The van der Waals surface area contributed by atoms with Crippen molar-refractivity contribution >= 4 is 17.9 Å². The van der Waals surface area contributed by atoms with Crippen LogP contribution < -0.4 is 5.32 Å². The van der Waals surface area contributed by atoms with Gasteiger partial charge < -0.3 is 14.7 Å². The van der Waals surface area contributed by atoms with Crippen LogP contribution in [0, 0.1) is 0 Å². The van der Waals surface area contributed by atoms with Gasteiger partial charge in [-0.2, -0.15) is 0 Å². The number of aliphatic imine (C=N–C) groups is 1. The Kier molecular flexibility index (Phi) is 5.71. The molecule has 4 rings (SSSR count). The molecule has 8 heteroatoms. The summed E-state index contributed by atoms with van der Waals surface area (Å²) in [6.07, 6.45) is 1.54. The molecule has 0 saturated carbocycles. The van der Waals surface area contributed by atoms with Gasteiger partial charge in [0, 0.05) is 46.3 Å². The molecule has 0 radical (unpaired) electrons. The van der Waals surface area contributed by atoms with E-state index in [0.717, 1.165) is 58.1 Å². The van der Waals surface area contributed by atoms with Crippen LogP contribution in [0.2, 0.25) is 0 Å². The lowest BCUT2D eigenvalue weighted by molar-refractivity contribution is -0.127.